The van der Waals surface area contributed by atoms with Gasteiger partial charge < -0.3 is 10.5 Å². The quantitative estimate of drug-likeness (QED) is 0.779. The van der Waals surface area contributed by atoms with Crippen LogP contribution in [0.2, 0.25) is 0 Å². The molecule has 0 fully saturated rings. The summed E-state index contributed by atoms with van der Waals surface area (Å²) < 4.78 is 5.53. The van der Waals surface area contributed by atoms with Crippen LogP contribution >= 0.6 is 0 Å². The van der Waals surface area contributed by atoms with E-state index >= 15 is 0 Å². The molecule has 0 aliphatic rings. The van der Waals surface area contributed by atoms with E-state index in [-0.39, 0.29) is 6.04 Å². The van der Waals surface area contributed by atoms with Crippen molar-refractivity contribution >= 4 is 0 Å². The van der Waals surface area contributed by atoms with Gasteiger partial charge in [0.05, 0.1) is 6.61 Å². The first kappa shape index (κ1) is 11.1. The van der Waals surface area contributed by atoms with Gasteiger partial charge in [-0.25, -0.2) is 0 Å². The molecule has 0 saturated heterocycles. The maximum Gasteiger partial charge on any atom is 0.122 e. The molecule has 0 aliphatic heterocycles. The first-order chi connectivity index (χ1) is 6.77. The molecule has 1 aromatic carbocycles. The zero-order valence-corrected chi connectivity index (χ0v) is 8.99. The SMILES string of the molecule is CCOc1ccccc1CC(N)CC. The second-order valence-corrected chi connectivity index (χ2v) is 3.41. The van der Waals surface area contributed by atoms with E-state index in [1.165, 1.54) is 5.56 Å². The molecular weight excluding hydrogens is 174 g/mol. The Morgan fingerprint density at radius 3 is 2.64 bits per heavy atom. The Balaban J connectivity index is 2.73. The summed E-state index contributed by atoms with van der Waals surface area (Å²) in [4.78, 5) is 0. The number of rotatable bonds is 5. The minimum absolute atomic E-state index is 0.233. The van der Waals surface area contributed by atoms with Crippen LogP contribution in [-0.2, 0) is 6.42 Å². The molecule has 0 saturated carbocycles. The van der Waals surface area contributed by atoms with E-state index in [1.807, 2.05) is 25.1 Å². The predicted octanol–water partition coefficient (Wildman–Crippen LogP) is 2.37. The molecule has 1 aromatic rings. The average Bonchev–Trinajstić information content (AvgIpc) is 2.21. The molecule has 0 heterocycles. The zero-order chi connectivity index (χ0) is 10.4. The molecule has 0 aromatic heterocycles. The van der Waals surface area contributed by atoms with Crippen molar-refractivity contribution in [3.05, 3.63) is 29.8 Å². The lowest BCUT2D eigenvalue weighted by molar-refractivity contribution is 0.335. The number of ether oxygens (including phenoxy) is 1. The van der Waals surface area contributed by atoms with Gasteiger partial charge >= 0.3 is 0 Å². The van der Waals surface area contributed by atoms with Gasteiger partial charge in [0.1, 0.15) is 5.75 Å². The lowest BCUT2D eigenvalue weighted by atomic mass is 10.0. The van der Waals surface area contributed by atoms with Crippen LogP contribution in [0.1, 0.15) is 25.8 Å². The van der Waals surface area contributed by atoms with E-state index in [0.717, 1.165) is 18.6 Å². The zero-order valence-electron chi connectivity index (χ0n) is 8.99. The number of hydrogen-bond acceptors (Lipinski definition) is 2. The monoisotopic (exact) mass is 193 g/mol. The Hall–Kier alpha value is -1.02. The molecule has 1 rings (SSSR count). The number of benzene rings is 1. The van der Waals surface area contributed by atoms with Crippen molar-refractivity contribution in [3.8, 4) is 5.75 Å². The third-order valence-electron chi connectivity index (χ3n) is 2.28. The molecule has 1 atom stereocenters. The van der Waals surface area contributed by atoms with Crippen molar-refractivity contribution < 1.29 is 4.74 Å². The fraction of sp³-hybridized carbons (Fsp3) is 0.500. The summed E-state index contributed by atoms with van der Waals surface area (Å²) in [6, 6.07) is 8.34. The van der Waals surface area contributed by atoms with Gasteiger partial charge in [-0.3, -0.25) is 0 Å². The normalized spacial score (nSPS) is 12.5. The molecule has 2 nitrogen and oxygen atoms in total. The highest BCUT2D eigenvalue weighted by Crippen LogP contribution is 2.19. The largest absolute Gasteiger partial charge is 0.494 e. The van der Waals surface area contributed by atoms with Gasteiger partial charge in [0.25, 0.3) is 0 Å². The third-order valence-corrected chi connectivity index (χ3v) is 2.28. The van der Waals surface area contributed by atoms with Crippen molar-refractivity contribution in [1.82, 2.24) is 0 Å². The molecule has 78 valence electrons. The fourth-order valence-corrected chi connectivity index (χ4v) is 1.40. The molecule has 0 aliphatic carbocycles. The highest BCUT2D eigenvalue weighted by molar-refractivity contribution is 5.33. The second kappa shape index (κ2) is 5.66. The minimum Gasteiger partial charge on any atom is -0.494 e. The van der Waals surface area contributed by atoms with E-state index < -0.39 is 0 Å². The third kappa shape index (κ3) is 3.04. The average molecular weight is 193 g/mol. The highest BCUT2D eigenvalue weighted by atomic mass is 16.5. The van der Waals surface area contributed by atoms with Crippen molar-refractivity contribution in [1.29, 1.82) is 0 Å². The van der Waals surface area contributed by atoms with E-state index in [9.17, 15) is 0 Å². The van der Waals surface area contributed by atoms with Crippen LogP contribution in [0.5, 0.6) is 5.75 Å². The van der Waals surface area contributed by atoms with E-state index in [1.54, 1.807) is 0 Å². The number of para-hydroxylation sites is 1. The Morgan fingerprint density at radius 1 is 1.29 bits per heavy atom. The van der Waals surface area contributed by atoms with Crippen LogP contribution < -0.4 is 10.5 Å². The van der Waals surface area contributed by atoms with Crippen LogP contribution in [0, 0.1) is 0 Å². The molecule has 14 heavy (non-hydrogen) atoms. The van der Waals surface area contributed by atoms with Gasteiger partial charge in [-0.05, 0) is 31.4 Å². The Morgan fingerprint density at radius 2 is 2.00 bits per heavy atom. The van der Waals surface area contributed by atoms with Gasteiger partial charge in [-0.1, -0.05) is 25.1 Å². The van der Waals surface area contributed by atoms with Crippen LogP contribution in [0.4, 0.5) is 0 Å². The van der Waals surface area contributed by atoms with E-state index in [0.29, 0.717) is 6.61 Å². The maximum atomic E-state index is 5.91. The summed E-state index contributed by atoms with van der Waals surface area (Å²) in [5, 5.41) is 0. The lowest BCUT2D eigenvalue weighted by Crippen LogP contribution is -2.21. The topological polar surface area (TPSA) is 35.2 Å². The van der Waals surface area contributed by atoms with Crippen LogP contribution in [0.25, 0.3) is 0 Å². The lowest BCUT2D eigenvalue weighted by Gasteiger charge is -2.13. The fourth-order valence-electron chi connectivity index (χ4n) is 1.40. The van der Waals surface area contributed by atoms with Crippen molar-refractivity contribution in [3.63, 3.8) is 0 Å². The predicted molar refractivity (Wildman–Crippen MR) is 59.6 cm³/mol. The number of nitrogens with two attached hydrogens (primary N) is 1. The summed E-state index contributed by atoms with van der Waals surface area (Å²) in [7, 11) is 0. The summed E-state index contributed by atoms with van der Waals surface area (Å²) in [5.41, 5.74) is 7.13. The van der Waals surface area contributed by atoms with E-state index in [4.69, 9.17) is 10.5 Å². The molecule has 2 N–H and O–H groups in total. The summed E-state index contributed by atoms with van der Waals surface area (Å²) in [6.07, 6.45) is 1.90. The highest BCUT2D eigenvalue weighted by Gasteiger charge is 2.06. The molecule has 0 amide bonds. The molecular formula is C12H19NO. The van der Waals surface area contributed by atoms with E-state index in [2.05, 4.69) is 13.0 Å². The summed E-state index contributed by atoms with van der Waals surface area (Å²) in [5.74, 6) is 0.971. The standard InChI is InChI=1S/C12H19NO/c1-3-11(13)9-10-7-5-6-8-12(10)14-4-2/h5-8,11H,3-4,9,13H2,1-2H3. The Kier molecular flexibility index (Phi) is 4.47. The van der Waals surface area contributed by atoms with Crippen molar-refractivity contribution in [2.45, 2.75) is 32.7 Å². The van der Waals surface area contributed by atoms with Crippen molar-refractivity contribution in [2.24, 2.45) is 5.73 Å². The Bertz CT molecular complexity index is 273. The van der Waals surface area contributed by atoms with Gasteiger partial charge in [0.2, 0.25) is 0 Å². The molecule has 0 bridgehead atoms. The maximum absolute atomic E-state index is 5.91. The van der Waals surface area contributed by atoms with Crippen molar-refractivity contribution in [2.75, 3.05) is 6.61 Å². The molecule has 0 radical (unpaired) electrons. The first-order valence-corrected chi connectivity index (χ1v) is 5.24. The summed E-state index contributed by atoms with van der Waals surface area (Å²) >= 11 is 0. The van der Waals surface area contributed by atoms with Gasteiger partial charge in [0, 0.05) is 6.04 Å². The summed E-state index contributed by atoms with van der Waals surface area (Å²) in [6.45, 7) is 4.81. The number of hydrogen-bond donors (Lipinski definition) is 1. The van der Waals surface area contributed by atoms with Gasteiger partial charge in [0.15, 0.2) is 0 Å². The van der Waals surface area contributed by atoms with Crippen LogP contribution in [0.3, 0.4) is 0 Å². The minimum atomic E-state index is 0.233. The Labute approximate surface area is 86.1 Å². The molecule has 0 spiro atoms. The first-order valence-electron chi connectivity index (χ1n) is 5.24. The van der Waals surface area contributed by atoms with Gasteiger partial charge in [-0.2, -0.15) is 0 Å². The van der Waals surface area contributed by atoms with Crippen LogP contribution in [-0.4, -0.2) is 12.6 Å². The van der Waals surface area contributed by atoms with Gasteiger partial charge in [-0.15, -0.1) is 0 Å². The molecule has 2 heteroatoms. The van der Waals surface area contributed by atoms with Crippen LogP contribution in [0.15, 0.2) is 24.3 Å². The smallest absolute Gasteiger partial charge is 0.122 e. The second-order valence-electron chi connectivity index (χ2n) is 3.41. The molecule has 1 unspecified atom stereocenters.